The van der Waals surface area contributed by atoms with Crippen LogP contribution in [0.5, 0.6) is 5.75 Å². The Bertz CT molecular complexity index is 2030. The molecule has 1 N–H and O–H groups in total. The fourth-order valence-electron chi connectivity index (χ4n) is 6.03. The summed E-state index contributed by atoms with van der Waals surface area (Å²) in [6.45, 7) is 0. The molecule has 1 aliphatic rings. The molecular weight excluding hydrogens is 523 g/mol. The van der Waals surface area contributed by atoms with Crippen LogP contribution in [0.2, 0.25) is 0 Å². The van der Waals surface area contributed by atoms with Crippen LogP contribution < -0.4 is 38.8 Å². The summed E-state index contributed by atoms with van der Waals surface area (Å²) in [5, 5.41) is 14.0. The van der Waals surface area contributed by atoms with Crippen molar-refractivity contribution in [1.29, 1.82) is 0 Å². The average molecular weight is 550 g/mol. The molecule has 0 saturated carbocycles. The van der Waals surface area contributed by atoms with Crippen LogP contribution >= 0.6 is 0 Å². The van der Waals surface area contributed by atoms with E-state index in [1.54, 1.807) is 6.07 Å². The van der Waals surface area contributed by atoms with Crippen molar-refractivity contribution >= 4 is 45.2 Å². The van der Waals surface area contributed by atoms with Gasteiger partial charge in [0, 0.05) is 11.4 Å². The number of para-hydroxylation sites is 8. The first-order valence-corrected chi connectivity index (χ1v) is 14.0. The number of hydrogen-bond acceptors (Lipinski definition) is 3. The van der Waals surface area contributed by atoms with E-state index >= 15 is 0 Å². The molecular formula is C37H26LiN4O+. The summed E-state index contributed by atoms with van der Waals surface area (Å²) in [5.41, 5.74) is 9.63. The van der Waals surface area contributed by atoms with Gasteiger partial charge in [-0.2, -0.15) is 4.57 Å². The van der Waals surface area contributed by atoms with Gasteiger partial charge in [0.1, 0.15) is 5.69 Å². The second-order valence-corrected chi connectivity index (χ2v) is 10.3. The summed E-state index contributed by atoms with van der Waals surface area (Å²) < 4.78 is 2.12. The fourth-order valence-corrected chi connectivity index (χ4v) is 6.03. The van der Waals surface area contributed by atoms with Gasteiger partial charge in [0.2, 0.25) is 0 Å². The molecule has 0 spiro atoms. The van der Waals surface area contributed by atoms with Gasteiger partial charge in [-0.25, -0.2) is 4.98 Å². The molecule has 2 heterocycles. The first kappa shape index (κ1) is 26.7. The van der Waals surface area contributed by atoms with E-state index in [1.165, 1.54) is 0 Å². The van der Waals surface area contributed by atoms with Gasteiger partial charge in [0.05, 0.1) is 28.3 Å². The minimum Gasteiger partial charge on any atom is -0.872 e. The first-order chi connectivity index (χ1) is 20.8. The van der Waals surface area contributed by atoms with Gasteiger partial charge in [0.15, 0.2) is 11.0 Å². The molecule has 1 aromatic heterocycles. The molecule has 6 heteroatoms. The van der Waals surface area contributed by atoms with Crippen molar-refractivity contribution in [3.63, 3.8) is 0 Å². The molecule has 7 aromatic rings. The number of H-pyrrole nitrogens is 1. The Morgan fingerprint density at radius 2 is 0.953 bits per heavy atom. The van der Waals surface area contributed by atoms with E-state index in [2.05, 4.69) is 98.2 Å². The Morgan fingerprint density at radius 1 is 0.465 bits per heavy atom. The van der Waals surface area contributed by atoms with Crippen LogP contribution in [0.3, 0.4) is 0 Å². The van der Waals surface area contributed by atoms with E-state index in [0.717, 1.165) is 56.7 Å². The second-order valence-electron chi connectivity index (χ2n) is 10.3. The Hall–Kier alpha value is -5.21. The number of rotatable bonds is 4. The van der Waals surface area contributed by atoms with E-state index in [0.29, 0.717) is 5.56 Å². The van der Waals surface area contributed by atoms with Gasteiger partial charge in [-0.3, -0.25) is 0 Å². The average Bonchev–Trinajstić information content (AvgIpc) is 3.43. The molecule has 1 aliphatic heterocycles. The summed E-state index contributed by atoms with van der Waals surface area (Å²) in [6, 6.07) is 51.1. The Labute approximate surface area is 262 Å². The molecule has 8 rings (SSSR count). The number of nitrogens with one attached hydrogen (secondary N) is 1. The van der Waals surface area contributed by atoms with Gasteiger partial charge in [-0.1, -0.05) is 78.5 Å². The van der Waals surface area contributed by atoms with Crippen LogP contribution in [0.1, 0.15) is 0 Å². The van der Waals surface area contributed by atoms with Gasteiger partial charge in [-0.05, 0) is 78.9 Å². The van der Waals surface area contributed by atoms with E-state index < -0.39 is 0 Å². The minimum absolute atomic E-state index is 0. The van der Waals surface area contributed by atoms with Crippen molar-refractivity contribution in [2.24, 2.45) is 0 Å². The summed E-state index contributed by atoms with van der Waals surface area (Å²) in [5.74, 6) is 0.706. The van der Waals surface area contributed by atoms with Crippen LogP contribution in [0.25, 0.3) is 28.1 Å². The number of aromatic nitrogens is 2. The number of benzene rings is 6. The number of fused-ring (bicyclic) bond motifs is 3. The zero-order chi connectivity index (χ0) is 28.0. The summed E-state index contributed by atoms with van der Waals surface area (Å²) >= 11 is 0. The fraction of sp³-hybridized carbons (Fsp3) is 0. The predicted octanol–water partition coefficient (Wildman–Crippen LogP) is 5.44. The normalized spacial score (nSPS) is 12.0. The molecule has 6 aromatic carbocycles. The van der Waals surface area contributed by atoms with Crippen molar-refractivity contribution in [2.45, 2.75) is 0 Å². The molecule has 0 amide bonds. The van der Waals surface area contributed by atoms with Gasteiger partial charge < -0.3 is 14.9 Å². The number of nitrogens with zero attached hydrogens (tertiary/aromatic N) is 3. The van der Waals surface area contributed by atoms with E-state index in [1.807, 2.05) is 66.7 Å². The maximum absolute atomic E-state index is 14.0. The second kappa shape index (κ2) is 10.9. The topological polar surface area (TPSA) is 48.6 Å². The zero-order valence-electron chi connectivity index (χ0n) is 23.7. The SMILES string of the molecule is [Li+].[O-]c1cc(N2c3ccccc3N(c3ccccc3)c3ccccc32)ccc1-c1[nH+]c2ccccc2n1-c1ccccc1. The van der Waals surface area contributed by atoms with Crippen LogP contribution in [0.15, 0.2) is 152 Å². The smallest absolute Gasteiger partial charge is 0.872 e. The maximum Gasteiger partial charge on any atom is 1.00 e. The van der Waals surface area contributed by atoms with Gasteiger partial charge in [0.25, 0.3) is 5.82 Å². The number of anilines is 6. The van der Waals surface area contributed by atoms with Crippen molar-refractivity contribution in [1.82, 2.24) is 4.57 Å². The monoisotopic (exact) mass is 549 g/mol. The van der Waals surface area contributed by atoms with E-state index in [9.17, 15) is 5.11 Å². The molecule has 0 unspecified atom stereocenters. The van der Waals surface area contributed by atoms with Crippen LogP contribution in [-0.2, 0) is 0 Å². The third kappa shape index (κ3) is 4.38. The number of hydrogen-bond donors (Lipinski definition) is 0. The Kier molecular flexibility index (Phi) is 6.75. The zero-order valence-corrected chi connectivity index (χ0v) is 23.7. The summed E-state index contributed by atoms with van der Waals surface area (Å²) in [6.07, 6.45) is 0. The van der Waals surface area contributed by atoms with Crippen LogP contribution in [-0.4, -0.2) is 4.57 Å². The van der Waals surface area contributed by atoms with Crippen molar-refractivity contribution < 1.29 is 29.0 Å². The van der Waals surface area contributed by atoms with Gasteiger partial charge >= 0.3 is 18.9 Å². The predicted molar refractivity (Wildman–Crippen MR) is 168 cm³/mol. The summed E-state index contributed by atoms with van der Waals surface area (Å²) in [7, 11) is 0. The van der Waals surface area contributed by atoms with Crippen LogP contribution in [0.4, 0.5) is 34.1 Å². The molecule has 0 atom stereocenters. The molecule has 5 nitrogen and oxygen atoms in total. The molecule has 0 radical (unpaired) electrons. The van der Waals surface area contributed by atoms with Crippen LogP contribution in [0, 0.1) is 0 Å². The molecule has 0 fully saturated rings. The molecule has 43 heavy (non-hydrogen) atoms. The van der Waals surface area contributed by atoms with E-state index in [4.69, 9.17) is 0 Å². The Morgan fingerprint density at radius 3 is 1.53 bits per heavy atom. The number of imidazole rings is 1. The van der Waals surface area contributed by atoms with Crippen molar-refractivity contribution in [3.8, 4) is 22.8 Å². The molecule has 0 bridgehead atoms. The third-order valence-corrected chi connectivity index (χ3v) is 7.86. The van der Waals surface area contributed by atoms with Crippen molar-refractivity contribution in [2.75, 3.05) is 9.80 Å². The standard InChI is InChI=1S/C37H26N4O.Li/c42-36-25-28(23-24-29(36)37-38-30-17-7-8-18-31(30)41(37)27-15-5-2-6-16-27)40-34-21-11-9-19-32(34)39(26-13-3-1-4-14-26)33-20-10-12-22-35(33)40;/h1-25,42H;/q;+1. The molecule has 200 valence electrons. The summed E-state index contributed by atoms with van der Waals surface area (Å²) in [4.78, 5) is 7.98. The largest absolute Gasteiger partial charge is 1.00 e. The molecule has 0 saturated heterocycles. The first-order valence-electron chi connectivity index (χ1n) is 14.0. The van der Waals surface area contributed by atoms with Gasteiger partial charge in [-0.15, -0.1) is 0 Å². The quantitative estimate of drug-likeness (QED) is 0.275. The van der Waals surface area contributed by atoms with Crippen molar-refractivity contribution in [3.05, 3.63) is 152 Å². The third-order valence-electron chi connectivity index (χ3n) is 7.86. The minimum atomic E-state index is -0.0517. The maximum atomic E-state index is 14.0. The van der Waals surface area contributed by atoms with E-state index in [-0.39, 0.29) is 24.6 Å². The number of aromatic amines is 1. The Balaban J connectivity index is 0.00000300. The molecule has 0 aliphatic carbocycles.